The van der Waals surface area contributed by atoms with E-state index < -0.39 is 0 Å². The largest absolute Gasteiger partial charge is 0.379 e. The number of nitrogens with zero attached hydrogens (tertiary/aromatic N) is 1. The number of allylic oxidation sites excluding steroid dienone is 1. The molecule has 2 rings (SSSR count). The molecule has 1 fully saturated rings. The fraction of sp³-hybridized carbons (Fsp3) is 0.692. The molecule has 1 aliphatic heterocycles. The molecule has 158 valence electrons. The predicted molar refractivity (Wildman–Crippen MR) is 122 cm³/mol. The molecule has 1 aromatic rings. The zero-order valence-electron chi connectivity index (χ0n) is 19.4. The predicted octanol–water partition coefficient (Wildman–Crippen LogP) is 6.52. The van der Waals surface area contributed by atoms with E-state index in [9.17, 15) is 0 Å². The van der Waals surface area contributed by atoms with Gasteiger partial charge < -0.3 is 4.74 Å². The van der Waals surface area contributed by atoms with Crippen LogP contribution < -0.4 is 0 Å². The standard InChI is InChI=1S/C26H43NO/c1-20(2)18-25(19-26(6,7)24-10-8-22(5)9-11-24)27-15-12-23(13-16-27)14-17-28-21(3)4/h8-11,18,21,23,25H,12-17,19H2,1-7H3. The maximum Gasteiger partial charge on any atom is 0.0518 e. The Labute approximate surface area is 174 Å². The minimum Gasteiger partial charge on any atom is -0.379 e. The number of benzene rings is 1. The molecule has 1 aliphatic rings. The molecule has 0 bridgehead atoms. The molecule has 0 aliphatic carbocycles. The number of hydrogen-bond acceptors (Lipinski definition) is 2. The van der Waals surface area contributed by atoms with Gasteiger partial charge in [-0.15, -0.1) is 0 Å². The van der Waals surface area contributed by atoms with E-state index >= 15 is 0 Å². The number of rotatable bonds is 9. The van der Waals surface area contributed by atoms with Crippen molar-refractivity contribution in [1.82, 2.24) is 4.90 Å². The van der Waals surface area contributed by atoms with Crippen molar-refractivity contribution in [3.05, 3.63) is 47.0 Å². The average molecular weight is 386 g/mol. The van der Waals surface area contributed by atoms with Crippen molar-refractivity contribution in [2.45, 2.75) is 91.7 Å². The van der Waals surface area contributed by atoms with Crippen LogP contribution in [0.15, 0.2) is 35.9 Å². The molecule has 1 saturated heterocycles. The van der Waals surface area contributed by atoms with Crippen LogP contribution in [0.1, 0.15) is 78.4 Å². The Hall–Kier alpha value is -1.12. The van der Waals surface area contributed by atoms with Crippen molar-refractivity contribution in [3.8, 4) is 0 Å². The van der Waals surface area contributed by atoms with E-state index in [2.05, 4.69) is 83.7 Å². The zero-order chi connectivity index (χ0) is 20.7. The van der Waals surface area contributed by atoms with E-state index in [1.807, 2.05) is 0 Å². The lowest BCUT2D eigenvalue weighted by Crippen LogP contribution is -2.43. The van der Waals surface area contributed by atoms with E-state index in [4.69, 9.17) is 4.74 Å². The van der Waals surface area contributed by atoms with Gasteiger partial charge in [-0.05, 0) is 90.3 Å². The number of hydrogen-bond donors (Lipinski definition) is 0. The van der Waals surface area contributed by atoms with Gasteiger partial charge >= 0.3 is 0 Å². The maximum atomic E-state index is 5.77. The summed E-state index contributed by atoms with van der Waals surface area (Å²) in [7, 11) is 0. The Morgan fingerprint density at radius 3 is 2.29 bits per heavy atom. The summed E-state index contributed by atoms with van der Waals surface area (Å²) in [6.07, 6.45) is 7.85. The summed E-state index contributed by atoms with van der Waals surface area (Å²) in [5, 5.41) is 0. The molecule has 0 aromatic heterocycles. The highest BCUT2D eigenvalue weighted by atomic mass is 16.5. The van der Waals surface area contributed by atoms with E-state index in [-0.39, 0.29) is 5.41 Å². The Kier molecular flexibility index (Phi) is 8.77. The number of ether oxygens (including phenoxy) is 1. The van der Waals surface area contributed by atoms with Crippen molar-refractivity contribution < 1.29 is 4.74 Å². The first-order valence-corrected chi connectivity index (χ1v) is 11.2. The molecule has 1 unspecified atom stereocenters. The average Bonchev–Trinajstić information content (AvgIpc) is 2.61. The minimum atomic E-state index is 0.173. The molecule has 1 atom stereocenters. The van der Waals surface area contributed by atoms with Crippen LogP contribution in [0.5, 0.6) is 0 Å². The van der Waals surface area contributed by atoms with E-state index in [0.29, 0.717) is 12.1 Å². The second-order valence-corrected chi connectivity index (χ2v) is 9.95. The molecule has 0 amide bonds. The van der Waals surface area contributed by atoms with E-state index in [1.165, 1.54) is 55.5 Å². The Morgan fingerprint density at radius 1 is 1.14 bits per heavy atom. The summed E-state index contributed by atoms with van der Waals surface area (Å²) in [6.45, 7) is 19.0. The summed E-state index contributed by atoms with van der Waals surface area (Å²) in [6, 6.07) is 9.65. The van der Waals surface area contributed by atoms with Gasteiger partial charge in [0.25, 0.3) is 0 Å². The molecular formula is C26H43NO. The quantitative estimate of drug-likeness (QED) is 0.448. The molecule has 1 heterocycles. The van der Waals surface area contributed by atoms with Crippen LogP contribution in [0.25, 0.3) is 0 Å². The van der Waals surface area contributed by atoms with Gasteiger partial charge in [-0.3, -0.25) is 4.90 Å². The third-order valence-electron chi connectivity index (χ3n) is 6.17. The topological polar surface area (TPSA) is 12.5 Å². The molecule has 2 heteroatoms. The molecule has 2 nitrogen and oxygen atoms in total. The van der Waals surface area contributed by atoms with Gasteiger partial charge in [0, 0.05) is 12.6 Å². The van der Waals surface area contributed by atoms with Gasteiger partial charge in [0.15, 0.2) is 0 Å². The van der Waals surface area contributed by atoms with Crippen LogP contribution in [0.2, 0.25) is 0 Å². The van der Waals surface area contributed by atoms with Gasteiger partial charge in [0.1, 0.15) is 0 Å². The smallest absolute Gasteiger partial charge is 0.0518 e. The molecular weight excluding hydrogens is 342 g/mol. The molecule has 0 radical (unpaired) electrons. The van der Waals surface area contributed by atoms with E-state index in [1.54, 1.807) is 0 Å². The van der Waals surface area contributed by atoms with Crippen molar-refractivity contribution in [1.29, 1.82) is 0 Å². The fourth-order valence-electron chi connectivity index (χ4n) is 4.37. The Bertz CT molecular complexity index is 602. The second-order valence-electron chi connectivity index (χ2n) is 9.95. The highest BCUT2D eigenvalue weighted by Crippen LogP contribution is 2.33. The molecule has 0 N–H and O–H groups in total. The first kappa shape index (κ1) is 23.2. The first-order chi connectivity index (χ1) is 13.2. The first-order valence-electron chi connectivity index (χ1n) is 11.2. The van der Waals surface area contributed by atoms with Crippen molar-refractivity contribution >= 4 is 0 Å². The summed E-state index contributed by atoms with van der Waals surface area (Å²) >= 11 is 0. The highest BCUT2D eigenvalue weighted by Gasteiger charge is 2.30. The van der Waals surface area contributed by atoms with Gasteiger partial charge in [-0.2, -0.15) is 0 Å². The third-order valence-corrected chi connectivity index (χ3v) is 6.17. The molecule has 28 heavy (non-hydrogen) atoms. The third kappa shape index (κ3) is 7.37. The van der Waals surface area contributed by atoms with Crippen molar-refractivity contribution in [2.75, 3.05) is 19.7 Å². The SMILES string of the molecule is CC(C)=CC(CC(C)(C)c1ccc(C)cc1)N1CCC(CCOC(C)C)CC1. The lowest BCUT2D eigenvalue weighted by molar-refractivity contribution is 0.0559. The van der Waals surface area contributed by atoms with Gasteiger partial charge in [-0.25, -0.2) is 0 Å². The van der Waals surface area contributed by atoms with E-state index in [0.717, 1.165) is 12.5 Å². The summed E-state index contributed by atoms with van der Waals surface area (Å²) in [5.41, 5.74) is 4.39. The zero-order valence-corrected chi connectivity index (χ0v) is 19.4. The molecule has 0 spiro atoms. The lowest BCUT2D eigenvalue weighted by atomic mass is 9.77. The van der Waals surface area contributed by atoms with Gasteiger partial charge in [-0.1, -0.05) is 55.3 Å². The number of aryl methyl sites for hydroxylation is 1. The van der Waals surface area contributed by atoms with Crippen LogP contribution >= 0.6 is 0 Å². The Morgan fingerprint density at radius 2 is 1.75 bits per heavy atom. The Balaban J connectivity index is 1.98. The number of piperidine rings is 1. The van der Waals surface area contributed by atoms with Crippen LogP contribution in [0, 0.1) is 12.8 Å². The van der Waals surface area contributed by atoms with Gasteiger partial charge in [0.2, 0.25) is 0 Å². The molecule has 1 aromatic carbocycles. The van der Waals surface area contributed by atoms with Crippen molar-refractivity contribution in [2.24, 2.45) is 5.92 Å². The summed E-state index contributed by atoms with van der Waals surface area (Å²) in [4.78, 5) is 2.72. The number of likely N-dealkylation sites (tertiary alicyclic amines) is 1. The van der Waals surface area contributed by atoms with Crippen LogP contribution in [0.4, 0.5) is 0 Å². The maximum absolute atomic E-state index is 5.77. The van der Waals surface area contributed by atoms with Crippen LogP contribution in [-0.4, -0.2) is 36.7 Å². The summed E-state index contributed by atoms with van der Waals surface area (Å²) < 4.78 is 5.77. The monoisotopic (exact) mass is 385 g/mol. The fourth-order valence-corrected chi connectivity index (χ4v) is 4.37. The normalized spacial score (nSPS) is 17.7. The minimum absolute atomic E-state index is 0.173. The lowest BCUT2D eigenvalue weighted by Gasteiger charge is -2.40. The van der Waals surface area contributed by atoms with Crippen LogP contribution in [0.3, 0.4) is 0 Å². The molecule has 0 saturated carbocycles. The second kappa shape index (κ2) is 10.6. The van der Waals surface area contributed by atoms with Crippen molar-refractivity contribution in [3.63, 3.8) is 0 Å². The van der Waals surface area contributed by atoms with Crippen LogP contribution in [-0.2, 0) is 10.2 Å². The summed E-state index contributed by atoms with van der Waals surface area (Å²) in [5.74, 6) is 0.826. The van der Waals surface area contributed by atoms with Gasteiger partial charge in [0.05, 0.1) is 6.10 Å². The highest BCUT2D eigenvalue weighted by molar-refractivity contribution is 5.28.